The molecular weight excluding hydrogens is 649 g/mol. The van der Waals surface area contributed by atoms with E-state index in [1.807, 2.05) is 0 Å². The van der Waals surface area contributed by atoms with Gasteiger partial charge < -0.3 is 21.1 Å². The van der Waals surface area contributed by atoms with E-state index in [1.54, 1.807) is 0 Å². The number of aromatic nitrogens is 6. The van der Waals surface area contributed by atoms with Gasteiger partial charge in [0.2, 0.25) is 0 Å². The number of pyridine rings is 2. The molecule has 4 aromatic rings. The van der Waals surface area contributed by atoms with Crippen molar-refractivity contribution in [2.45, 2.75) is 9.79 Å². The molecule has 20 heteroatoms. The normalized spacial score (nSPS) is 11.1. The van der Waals surface area contributed by atoms with Gasteiger partial charge in [0, 0.05) is 37.0 Å². The molecule has 0 aromatic carbocycles. The molecule has 0 unspecified atom stereocenters. The first-order valence-corrected chi connectivity index (χ1v) is 15.9. The number of hydrogen-bond donors (Lipinski definition) is 3. The predicted octanol–water partition coefficient (Wildman–Crippen LogP) is 2.23. The second-order valence-corrected chi connectivity index (χ2v) is 13.1. The minimum Gasteiger partial charge on any atom is -0.464 e. The second kappa shape index (κ2) is 13.6. The largest absolute Gasteiger partial charge is 0.464 e. The van der Waals surface area contributed by atoms with Crippen LogP contribution < -0.4 is 16.4 Å². The monoisotopic (exact) mass is 669 g/mol. The Morgan fingerprint density at radius 1 is 0.744 bits per heavy atom. The SMILES string of the molecule is COC(=O)c1nnc(Cl)cc1Nc1ccc(S(C)(=O)=O)cn1.CS(=O)(=O)c1ccc(Nc2cc(Cl)nnc2C(N)=O)nc1. The number of rotatable bonds is 8. The summed E-state index contributed by atoms with van der Waals surface area (Å²) in [4.78, 5) is 30.9. The van der Waals surface area contributed by atoms with E-state index in [0.29, 0.717) is 11.6 Å². The smallest absolute Gasteiger partial charge is 0.360 e. The molecule has 0 radical (unpaired) electrons. The van der Waals surface area contributed by atoms with Crippen molar-refractivity contribution in [3.8, 4) is 0 Å². The van der Waals surface area contributed by atoms with Gasteiger partial charge in [-0.3, -0.25) is 4.79 Å². The van der Waals surface area contributed by atoms with Gasteiger partial charge >= 0.3 is 5.97 Å². The van der Waals surface area contributed by atoms with E-state index >= 15 is 0 Å². The van der Waals surface area contributed by atoms with E-state index < -0.39 is 31.6 Å². The molecule has 0 atom stereocenters. The van der Waals surface area contributed by atoms with Gasteiger partial charge in [0.1, 0.15) is 11.6 Å². The number of primary amides is 1. The van der Waals surface area contributed by atoms with E-state index in [-0.39, 0.29) is 42.9 Å². The number of sulfone groups is 2. The molecule has 0 fully saturated rings. The summed E-state index contributed by atoms with van der Waals surface area (Å²) in [6.07, 6.45) is 4.55. The summed E-state index contributed by atoms with van der Waals surface area (Å²) in [6.45, 7) is 0. The lowest BCUT2D eigenvalue weighted by molar-refractivity contribution is 0.0593. The molecule has 16 nitrogen and oxygen atoms in total. The van der Waals surface area contributed by atoms with Gasteiger partial charge in [0.25, 0.3) is 5.91 Å². The summed E-state index contributed by atoms with van der Waals surface area (Å²) in [5.74, 6) is -0.871. The van der Waals surface area contributed by atoms with Crippen molar-refractivity contribution < 1.29 is 31.2 Å². The van der Waals surface area contributed by atoms with Crippen LogP contribution in [0.15, 0.2) is 58.6 Å². The number of carbonyl (C=O) groups excluding carboxylic acids is 2. The van der Waals surface area contributed by atoms with Gasteiger partial charge in [-0.1, -0.05) is 23.2 Å². The van der Waals surface area contributed by atoms with Crippen molar-refractivity contribution in [3.05, 3.63) is 70.5 Å². The summed E-state index contributed by atoms with van der Waals surface area (Å²) in [5.41, 5.74) is 5.47. The zero-order chi connectivity index (χ0) is 31.9. The van der Waals surface area contributed by atoms with Crippen LogP contribution in [0.4, 0.5) is 23.0 Å². The fraction of sp³-hybridized carbons (Fsp3) is 0.130. The maximum atomic E-state index is 11.6. The van der Waals surface area contributed by atoms with Crippen LogP contribution >= 0.6 is 23.2 Å². The van der Waals surface area contributed by atoms with Crippen LogP contribution in [0.3, 0.4) is 0 Å². The molecule has 0 spiro atoms. The van der Waals surface area contributed by atoms with Crippen molar-refractivity contribution in [1.29, 1.82) is 0 Å². The molecule has 4 heterocycles. The van der Waals surface area contributed by atoms with Crippen LogP contribution in [0.5, 0.6) is 0 Å². The molecular formula is C23H21Cl2N9O7S2. The van der Waals surface area contributed by atoms with Gasteiger partial charge in [0.05, 0.1) is 28.3 Å². The van der Waals surface area contributed by atoms with Crippen LogP contribution in [0.1, 0.15) is 21.0 Å². The second-order valence-electron chi connectivity index (χ2n) is 8.27. The van der Waals surface area contributed by atoms with Crippen molar-refractivity contribution in [2.24, 2.45) is 5.73 Å². The molecule has 4 aromatic heterocycles. The number of hydrogen-bond acceptors (Lipinski definition) is 15. The Morgan fingerprint density at radius 2 is 1.16 bits per heavy atom. The molecule has 0 saturated carbocycles. The summed E-state index contributed by atoms with van der Waals surface area (Å²) >= 11 is 11.5. The number of nitrogens with one attached hydrogen (secondary N) is 2. The Bertz CT molecular complexity index is 1880. The van der Waals surface area contributed by atoms with Gasteiger partial charge in [-0.2, -0.15) is 0 Å². The predicted molar refractivity (Wildman–Crippen MR) is 155 cm³/mol. The third-order valence-electron chi connectivity index (χ3n) is 4.99. The van der Waals surface area contributed by atoms with E-state index in [1.165, 1.54) is 55.9 Å². The molecule has 4 rings (SSSR count). The van der Waals surface area contributed by atoms with Gasteiger partial charge in [-0.15, -0.1) is 20.4 Å². The Morgan fingerprint density at radius 3 is 1.51 bits per heavy atom. The van der Waals surface area contributed by atoms with Crippen molar-refractivity contribution in [2.75, 3.05) is 30.3 Å². The fourth-order valence-electron chi connectivity index (χ4n) is 2.98. The third kappa shape index (κ3) is 9.23. The molecule has 1 amide bonds. The highest BCUT2D eigenvalue weighted by Gasteiger charge is 2.17. The van der Waals surface area contributed by atoms with Gasteiger partial charge in [0.15, 0.2) is 41.4 Å². The molecule has 43 heavy (non-hydrogen) atoms. The number of nitrogens with two attached hydrogens (primary N) is 1. The van der Waals surface area contributed by atoms with Gasteiger partial charge in [-0.25, -0.2) is 31.6 Å². The Hall–Kier alpha value is -4.52. The van der Waals surface area contributed by atoms with Crippen molar-refractivity contribution in [3.63, 3.8) is 0 Å². The summed E-state index contributed by atoms with van der Waals surface area (Å²) in [6, 6.07) is 8.40. The molecule has 4 N–H and O–H groups in total. The van der Waals surface area contributed by atoms with E-state index in [9.17, 15) is 26.4 Å². The third-order valence-corrected chi connectivity index (χ3v) is 7.56. The van der Waals surface area contributed by atoms with E-state index in [0.717, 1.165) is 12.5 Å². The van der Waals surface area contributed by atoms with Crippen LogP contribution in [-0.2, 0) is 24.4 Å². The molecule has 0 saturated heterocycles. The number of esters is 1. The molecule has 0 aliphatic rings. The fourth-order valence-corrected chi connectivity index (χ4v) is 4.39. The quantitative estimate of drug-likeness (QED) is 0.228. The van der Waals surface area contributed by atoms with Crippen LogP contribution in [0.25, 0.3) is 0 Å². The highest BCUT2D eigenvalue weighted by Crippen LogP contribution is 2.23. The lowest BCUT2D eigenvalue weighted by atomic mass is 10.3. The zero-order valence-electron chi connectivity index (χ0n) is 22.3. The van der Waals surface area contributed by atoms with Gasteiger partial charge in [-0.05, 0) is 24.3 Å². The van der Waals surface area contributed by atoms with E-state index in [4.69, 9.17) is 28.9 Å². The first-order valence-electron chi connectivity index (χ1n) is 11.4. The summed E-state index contributed by atoms with van der Waals surface area (Å²) in [7, 11) is -5.45. The molecule has 226 valence electrons. The lowest BCUT2D eigenvalue weighted by Gasteiger charge is -2.09. The molecule has 0 aliphatic heterocycles. The van der Waals surface area contributed by atoms with Crippen LogP contribution in [-0.4, -0.2) is 78.7 Å². The van der Waals surface area contributed by atoms with Crippen LogP contribution in [0, 0.1) is 0 Å². The number of nitrogens with zero attached hydrogens (tertiary/aromatic N) is 6. The van der Waals surface area contributed by atoms with Crippen molar-refractivity contribution in [1.82, 2.24) is 30.4 Å². The van der Waals surface area contributed by atoms with Crippen LogP contribution in [0.2, 0.25) is 10.3 Å². The number of amides is 1. The first kappa shape index (κ1) is 33.0. The van der Waals surface area contributed by atoms with Crippen molar-refractivity contribution >= 4 is 77.8 Å². The standard InChI is InChI=1S/C12H11ClN4O4S.C11H10ClN5O3S/c1-21-12(18)11-8(5-9(13)16-17-11)15-10-4-3-7(6-14-10)22(2,19)20;1-21(19,20)6-2-3-9(14-5-6)15-7-4-8(12)16-17-10(7)11(13)18/h3-6H,1-2H3,(H,14,15,16);2-5H,1H3,(H2,13,18)(H,14,15,16). The minimum absolute atomic E-state index is 0.0651. The maximum Gasteiger partial charge on any atom is 0.360 e. The first-order chi connectivity index (χ1) is 20.1. The highest BCUT2D eigenvalue weighted by molar-refractivity contribution is 7.91. The maximum absolute atomic E-state index is 11.6. The van der Waals surface area contributed by atoms with E-state index in [2.05, 4.69) is 45.7 Å². The number of ether oxygens (including phenoxy) is 1. The Kier molecular flexibility index (Phi) is 10.5. The lowest BCUT2D eigenvalue weighted by Crippen LogP contribution is -2.16. The number of anilines is 4. The Balaban J connectivity index is 0.000000236. The number of halogens is 2. The number of carbonyl (C=O) groups is 2. The summed E-state index contributed by atoms with van der Waals surface area (Å²) < 4.78 is 50.0. The Labute approximate surface area is 254 Å². The molecule has 0 bridgehead atoms. The topological polar surface area (TPSA) is 239 Å². The highest BCUT2D eigenvalue weighted by atomic mass is 35.5. The minimum atomic E-state index is -3.33. The molecule has 0 aliphatic carbocycles. The average molecular weight is 671 g/mol. The average Bonchev–Trinajstić information content (AvgIpc) is 2.92. The summed E-state index contributed by atoms with van der Waals surface area (Å²) in [5, 5.41) is 20.1. The number of methoxy groups -OCH3 is 1. The zero-order valence-corrected chi connectivity index (χ0v) is 25.5.